The molecule has 0 aromatic carbocycles. The van der Waals surface area contributed by atoms with Crippen LogP contribution >= 0.6 is 11.6 Å². The maximum absolute atomic E-state index is 14.7. The summed E-state index contributed by atoms with van der Waals surface area (Å²) in [4.78, 5) is 20.8. The van der Waals surface area contributed by atoms with Crippen LogP contribution in [0.5, 0.6) is 0 Å². The standard InChI is InChI=1S/C19H23ClFN7O2/c1-30-18(29)13-4-2-3-5-19(13,22)28(23)17-14(21)9-26-16(27-17)12-8-25-15-11(12)6-10(20)7-24-15/h6-9,13,15,24-25H,2-5,22-23H2,1H3/t13-,15?,19+/m1/s1. The van der Waals surface area contributed by atoms with Crippen LogP contribution in [0, 0.1) is 11.7 Å². The Kier molecular flexibility index (Phi) is 5.39. The van der Waals surface area contributed by atoms with Crippen LogP contribution in [0.4, 0.5) is 10.2 Å². The van der Waals surface area contributed by atoms with Crippen LogP contribution in [0.2, 0.25) is 0 Å². The van der Waals surface area contributed by atoms with E-state index in [1.807, 2.05) is 0 Å². The molecule has 0 spiro atoms. The van der Waals surface area contributed by atoms with Gasteiger partial charge in [0.1, 0.15) is 11.8 Å². The molecule has 3 aliphatic rings. The fourth-order valence-corrected chi connectivity index (χ4v) is 4.31. The van der Waals surface area contributed by atoms with E-state index in [1.54, 1.807) is 18.5 Å². The molecule has 11 heteroatoms. The molecule has 0 radical (unpaired) electrons. The first-order valence-electron chi connectivity index (χ1n) is 9.59. The van der Waals surface area contributed by atoms with Gasteiger partial charge in [-0.25, -0.2) is 20.2 Å². The third kappa shape index (κ3) is 3.40. The number of hydrogen-bond acceptors (Lipinski definition) is 9. The summed E-state index contributed by atoms with van der Waals surface area (Å²) in [6, 6.07) is 0. The number of nitrogens with one attached hydrogen (secondary N) is 2. The van der Waals surface area contributed by atoms with Crippen LogP contribution in [-0.2, 0) is 9.53 Å². The number of carbonyl (C=O) groups is 1. The van der Waals surface area contributed by atoms with Gasteiger partial charge in [0.05, 0.1) is 24.3 Å². The molecule has 9 nitrogen and oxygen atoms in total. The molecule has 3 atom stereocenters. The van der Waals surface area contributed by atoms with E-state index in [9.17, 15) is 9.18 Å². The number of nitrogens with two attached hydrogens (primary N) is 2. The summed E-state index contributed by atoms with van der Waals surface area (Å²) in [6.45, 7) is 0. The van der Waals surface area contributed by atoms with Gasteiger partial charge in [-0.1, -0.05) is 18.0 Å². The molecular formula is C19H23ClFN7O2. The number of allylic oxidation sites excluding steroid dienone is 2. The monoisotopic (exact) mass is 435 g/mol. The summed E-state index contributed by atoms with van der Waals surface area (Å²) in [5.74, 6) is 4.43. The van der Waals surface area contributed by atoms with Crippen molar-refractivity contribution in [2.75, 3.05) is 12.1 Å². The van der Waals surface area contributed by atoms with Crippen molar-refractivity contribution in [1.82, 2.24) is 20.6 Å². The quantitative estimate of drug-likeness (QED) is 0.238. The van der Waals surface area contributed by atoms with Crippen molar-refractivity contribution >= 4 is 29.0 Å². The van der Waals surface area contributed by atoms with E-state index in [1.165, 1.54) is 7.11 Å². The Morgan fingerprint density at radius 1 is 1.40 bits per heavy atom. The molecule has 30 heavy (non-hydrogen) atoms. The minimum absolute atomic E-state index is 0.184. The van der Waals surface area contributed by atoms with E-state index < -0.39 is 23.4 Å². The molecule has 6 N–H and O–H groups in total. The number of dihydropyridines is 1. The third-order valence-corrected chi connectivity index (χ3v) is 5.97. The SMILES string of the molecule is COC(=O)[C@H]1CCCC[C@]1(N)N(N)c1nc(C2=CNC3NC=C(Cl)C=C23)ncc1F. The first-order chi connectivity index (χ1) is 14.3. The van der Waals surface area contributed by atoms with Crippen LogP contribution in [0.3, 0.4) is 0 Å². The van der Waals surface area contributed by atoms with Crippen LogP contribution in [0.15, 0.2) is 35.3 Å². The molecule has 1 fully saturated rings. The zero-order chi connectivity index (χ0) is 21.5. The van der Waals surface area contributed by atoms with E-state index in [-0.39, 0.29) is 17.8 Å². The fraction of sp³-hybridized carbons (Fsp3) is 0.421. The Labute approximate surface area is 178 Å². The minimum atomic E-state index is -1.33. The van der Waals surface area contributed by atoms with Crippen molar-refractivity contribution in [3.05, 3.63) is 46.9 Å². The molecular weight excluding hydrogens is 413 g/mol. The number of esters is 1. The summed E-state index contributed by atoms with van der Waals surface area (Å²) in [5, 5.41) is 7.81. The van der Waals surface area contributed by atoms with Crippen molar-refractivity contribution in [1.29, 1.82) is 0 Å². The Balaban J connectivity index is 1.70. The van der Waals surface area contributed by atoms with Gasteiger partial charge in [-0.15, -0.1) is 0 Å². The second-order valence-corrected chi connectivity index (χ2v) is 7.94. The molecule has 1 aromatic heterocycles. The van der Waals surface area contributed by atoms with Gasteiger partial charge in [0.2, 0.25) is 0 Å². The number of rotatable bonds is 4. The second-order valence-electron chi connectivity index (χ2n) is 7.50. The van der Waals surface area contributed by atoms with Crippen LogP contribution in [-0.4, -0.2) is 34.9 Å². The number of ether oxygens (including phenoxy) is 1. The molecule has 0 saturated heterocycles. The van der Waals surface area contributed by atoms with Crippen LogP contribution < -0.4 is 27.2 Å². The summed E-state index contributed by atoms with van der Waals surface area (Å²) >= 11 is 6.10. The van der Waals surface area contributed by atoms with Crippen molar-refractivity contribution in [2.45, 2.75) is 37.5 Å². The lowest BCUT2D eigenvalue weighted by atomic mass is 9.78. The summed E-state index contributed by atoms with van der Waals surface area (Å²) in [6.07, 6.45) is 8.47. The van der Waals surface area contributed by atoms with Crippen LogP contribution in [0.1, 0.15) is 31.5 Å². The molecule has 1 unspecified atom stereocenters. The molecule has 2 aliphatic heterocycles. The van der Waals surface area contributed by atoms with E-state index in [0.717, 1.165) is 29.6 Å². The average molecular weight is 436 g/mol. The van der Waals surface area contributed by atoms with Crippen molar-refractivity contribution in [3.63, 3.8) is 0 Å². The summed E-state index contributed by atoms with van der Waals surface area (Å²) in [7, 11) is 1.29. The van der Waals surface area contributed by atoms with Gasteiger partial charge in [-0.3, -0.25) is 9.80 Å². The van der Waals surface area contributed by atoms with E-state index in [0.29, 0.717) is 23.4 Å². The number of fused-ring (bicyclic) bond motifs is 1. The lowest BCUT2D eigenvalue weighted by molar-refractivity contribution is -0.149. The summed E-state index contributed by atoms with van der Waals surface area (Å²) < 4.78 is 19.6. The number of halogens is 2. The predicted octanol–water partition coefficient (Wildman–Crippen LogP) is 1.19. The highest BCUT2D eigenvalue weighted by Gasteiger charge is 2.47. The number of carbonyl (C=O) groups excluding carboxylic acids is 1. The number of nitrogens with zero attached hydrogens (tertiary/aromatic N) is 3. The first kappa shape index (κ1) is 20.6. The Morgan fingerprint density at radius 2 is 2.17 bits per heavy atom. The van der Waals surface area contributed by atoms with Gasteiger partial charge >= 0.3 is 5.97 Å². The number of aromatic nitrogens is 2. The maximum Gasteiger partial charge on any atom is 0.312 e. The molecule has 160 valence electrons. The van der Waals surface area contributed by atoms with Gasteiger partial charge in [-0.05, 0) is 25.3 Å². The molecule has 1 aliphatic carbocycles. The maximum atomic E-state index is 14.7. The highest BCUT2D eigenvalue weighted by molar-refractivity contribution is 6.31. The molecule has 0 amide bonds. The van der Waals surface area contributed by atoms with E-state index in [2.05, 4.69) is 20.6 Å². The van der Waals surface area contributed by atoms with Gasteiger partial charge in [0.15, 0.2) is 17.5 Å². The molecule has 4 rings (SSSR count). The van der Waals surface area contributed by atoms with Crippen molar-refractivity contribution in [3.8, 4) is 0 Å². The lowest BCUT2D eigenvalue weighted by Gasteiger charge is -2.45. The third-order valence-electron chi connectivity index (χ3n) is 5.75. The fourth-order valence-electron chi connectivity index (χ4n) is 4.13. The predicted molar refractivity (Wildman–Crippen MR) is 110 cm³/mol. The zero-order valence-corrected chi connectivity index (χ0v) is 17.1. The van der Waals surface area contributed by atoms with Gasteiger partial charge in [0.25, 0.3) is 0 Å². The lowest BCUT2D eigenvalue weighted by Crippen LogP contribution is -2.67. The Bertz CT molecular complexity index is 966. The summed E-state index contributed by atoms with van der Waals surface area (Å²) in [5.41, 5.74) is 6.68. The number of hydrazine groups is 1. The van der Waals surface area contributed by atoms with Crippen molar-refractivity contribution < 1.29 is 13.9 Å². The number of hydrogen-bond donors (Lipinski definition) is 4. The highest BCUT2D eigenvalue weighted by atomic mass is 35.5. The average Bonchev–Trinajstić information content (AvgIpc) is 3.16. The molecule has 3 heterocycles. The first-order valence-corrected chi connectivity index (χ1v) is 9.97. The van der Waals surface area contributed by atoms with E-state index in [4.69, 9.17) is 27.9 Å². The molecule has 1 saturated carbocycles. The number of methoxy groups -OCH3 is 1. The number of anilines is 1. The smallest absolute Gasteiger partial charge is 0.312 e. The van der Waals surface area contributed by atoms with Gasteiger partial charge in [0, 0.05) is 23.5 Å². The second kappa shape index (κ2) is 7.86. The van der Waals surface area contributed by atoms with Crippen LogP contribution in [0.25, 0.3) is 5.57 Å². The van der Waals surface area contributed by atoms with Crippen molar-refractivity contribution in [2.24, 2.45) is 17.5 Å². The molecule has 0 bridgehead atoms. The highest BCUT2D eigenvalue weighted by Crippen LogP contribution is 2.37. The zero-order valence-electron chi connectivity index (χ0n) is 16.4. The van der Waals surface area contributed by atoms with Gasteiger partial charge in [-0.2, -0.15) is 0 Å². The van der Waals surface area contributed by atoms with Gasteiger partial charge < -0.3 is 21.1 Å². The largest absolute Gasteiger partial charge is 0.469 e. The topological polar surface area (TPSA) is 131 Å². The normalized spacial score (nSPS) is 27.7. The Hall–Kier alpha value is -2.69. The van der Waals surface area contributed by atoms with E-state index >= 15 is 0 Å². The molecule has 1 aromatic rings. The Morgan fingerprint density at radius 3 is 2.93 bits per heavy atom. The minimum Gasteiger partial charge on any atom is -0.469 e.